The Kier molecular flexibility index (Phi) is 6.23. The van der Waals surface area contributed by atoms with E-state index < -0.39 is 29.3 Å². The molecule has 0 aliphatic carbocycles. The van der Waals surface area contributed by atoms with Gasteiger partial charge < -0.3 is 0 Å². The average Bonchev–Trinajstić information content (AvgIpc) is 2.30. The van der Waals surface area contributed by atoms with Crippen molar-refractivity contribution in [3.8, 4) is 0 Å². The maximum absolute atomic E-state index is 13.9. The molecular formula is C12H16F7N. The molecule has 0 unspecified atom stereocenters. The van der Waals surface area contributed by atoms with Crippen LogP contribution in [-0.4, -0.2) is 24.2 Å². The number of unbranched alkanes of at least 4 members (excludes halogenated alkanes) is 1. The van der Waals surface area contributed by atoms with Crippen molar-refractivity contribution in [2.24, 2.45) is 4.99 Å². The molecule has 0 fully saturated rings. The van der Waals surface area contributed by atoms with E-state index in [2.05, 4.69) is 4.99 Å². The quantitative estimate of drug-likeness (QED) is 0.478. The Labute approximate surface area is 112 Å². The molecule has 20 heavy (non-hydrogen) atoms. The summed E-state index contributed by atoms with van der Waals surface area (Å²) >= 11 is 0. The van der Waals surface area contributed by atoms with Crippen LogP contribution in [0.2, 0.25) is 0 Å². The molecule has 0 spiro atoms. The Hall–Kier alpha value is -1.08. The Morgan fingerprint density at radius 2 is 1.40 bits per heavy atom. The molecule has 0 radical (unpaired) electrons. The first kappa shape index (κ1) is 18.9. The molecule has 0 aromatic carbocycles. The smallest absolute Gasteiger partial charge is 0.262 e. The third-order valence-electron chi connectivity index (χ3n) is 2.68. The van der Waals surface area contributed by atoms with E-state index in [9.17, 15) is 30.7 Å². The largest absolute Gasteiger partial charge is 0.437 e. The van der Waals surface area contributed by atoms with Crippen LogP contribution in [0.1, 0.15) is 40.0 Å². The number of hydrogen-bond donors (Lipinski definition) is 0. The van der Waals surface area contributed by atoms with Crippen LogP contribution in [0.4, 0.5) is 30.7 Å². The minimum Gasteiger partial charge on any atom is -0.262 e. The molecule has 1 nitrogen and oxygen atoms in total. The van der Waals surface area contributed by atoms with Gasteiger partial charge in [0.05, 0.1) is 5.70 Å². The van der Waals surface area contributed by atoms with Gasteiger partial charge in [-0.15, -0.1) is 0 Å². The number of alkyl halides is 7. The number of rotatable bonds is 5. The summed E-state index contributed by atoms with van der Waals surface area (Å²) in [5.74, 6) is 0. The molecule has 0 saturated heterocycles. The van der Waals surface area contributed by atoms with Gasteiger partial charge in [-0.05, 0) is 25.3 Å². The number of allylic oxidation sites excluding steroid dienone is 2. The van der Waals surface area contributed by atoms with E-state index in [-0.39, 0.29) is 12.8 Å². The molecule has 0 bridgehead atoms. The summed E-state index contributed by atoms with van der Waals surface area (Å²) in [7, 11) is 0. The zero-order valence-electron chi connectivity index (χ0n) is 11.3. The van der Waals surface area contributed by atoms with Crippen molar-refractivity contribution >= 4 is 6.21 Å². The number of nitrogens with zero attached hydrogens (tertiary/aromatic N) is 1. The second-order valence-corrected chi connectivity index (χ2v) is 4.24. The van der Waals surface area contributed by atoms with Crippen LogP contribution in [-0.2, 0) is 0 Å². The molecule has 0 aromatic heterocycles. The number of halogens is 7. The highest BCUT2D eigenvalue weighted by molar-refractivity contribution is 5.60. The highest BCUT2D eigenvalue weighted by Gasteiger charge is 2.75. The van der Waals surface area contributed by atoms with E-state index in [4.69, 9.17) is 0 Å². The molecule has 0 N–H and O–H groups in total. The molecule has 0 aliphatic rings. The lowest BCUT2D eigenvalue weighted by Gasteiger charge is -2.31. The molecule has 118 valence electrons. The van der Waals surface area contributed by atoms with Gasteiger partial charge in [0.15, 0.2) is 0 Å². The summed E-state index contributed by atoms with van der Waals surface area (Å²) in [5, 5.41) is 0. The van der Waals surface area contributed by atoms with Crippen molar-refractivity contribution in [2.45, 2.75) is 58.1 Å². The second kappa shape index (κ2) is 6.58. The van der Waals surface area contributed by atoms with E-state index in [0.717, 1.165) is 13.1 Å². The molecule has 0 rings (SSSR count). The number of hydrogen-bond acceptors (Lipinski definition) is 1. The van der Waals surface area contributed by atoms with Crippen molar-refractivity contribution in [1.29, 1.82) is 0 Å². The zero-order valence-corrected chi connectivity index (χ0v) is 11.3. The number of aliphatic imine (C=N–C) groups is 1. The zero-order chi connectivity index (χ0) is 16.2. The fourth-order valence-electron chi connectivity index (χ4n) is 1.37. The van der Waals surface area contributed by atoms with Gasteiger partial charge in [-0.1, -0.05) is 20.3 Å². The van der Waals surface area contributed by atoms with Crippen molar-refractivity contribution in [3.63, 3.8) is 0 Å². The molecular weight excluding hydrogens is 291 g/mol. The standard InChI is InChI=1S/C12H16F7N/c1-4-6-7-20-9(8(3)5-2)10(13,11(14,15)16)12(17,18)19/h7H,4-6H2,1-3H3/b9-8+,20-7?. The monoisotopic (exact) mass is 307 g/mol. The third-order valence-corrected chi connectivity index (χ3v) is 2.68. The molecule has 0 aliphatic heterocycles. The van der Waals surface area contributed by atoms with Gasteiger partial charge in [0, 0.05) is 6.21 Å². The summed E-state index contributed by atoms with van der Waals surface area (Å²) in [6.07, 6.45) is -10.9. The lowest BCUT2D eigenvalue weighted by molar-refractivity contribution is -0.326. The van der Waals surface area contributed by atoms with E-state index in [1.54, 1.807) is 6.92 Å². The third kappa shape index (κ3) is 3.73. The first-order valence-electron chi connectivity index (χ1n) is 5.98. The Morgan fingerprint density at radius 3 is 1.70 bits per heavy atom. The van der Waals surface area contributed by atoms with Crippen molar-refractivity contribution < 1.29 is 30.7 Å². The van der Waals surface area contributed by atoms with Gasteiger partial charge in [-0.3, -0.25) is 4.99 Å². The minimum atomic E-state index is -6.12. The van der Waals surface area contributed by atoms with Crippen LogP contribution >= 0.6 is 0 Å². The molecule has 8 heteroatoms. The van der Waals surface area contributed by atoms with Crippen LogP contribution in [0.25, 0.3) is 0 Å². The van der Waals surface area contributed by atoms with Gasteiger partial charge in [0.25, 0.3) is 0 Å². The maximum atomic E-state index is 13.9. The first-order chi connectivity index (χ1) is 8.93. The summed E-state index contributed by atoms with van der Waals surface area (Å²) in [4.78, 5) is 3.13. The van der Waals surface area contributed by atoms with Gasteiger partial charge in [-0.2, -0.15) is 26.3 Å². The molecule has 0 aromatic rings. The lowest BCUT2D eigenvalue weighted by atomic mass is 9.95. The molecule has 0 amide bonds. The van der Waals surface area contributed by atoms with E-state index >= 15 is 0 Å². The summed E-state index contributed by atoms with van der Waals surface area (Å²) < 4.78 is 89.8. The van der Waals surface area contributed by atoms with Crippen LogP contribution < -0.4 is 0 Å². The van der Waals surface area contributed by atoms with Crippen LogP contribution in [0.3, 0.4) is 0 Å². The fourth-order valence-corrected chi connectivity index (χ4v) is 1.37. The Balaban J connectivity index is 6.08. The minimum absolute atomic E-state index is 0.159. The summed E-state index contributed by atoms with van der Waals surface area (Å²) in [5.41, 5.74) is -7.47. The fraction of sp³-hybridized carbons (Fsp3) is 0.750. The van der Waals surface area contributed by atoms with Gasteiger partial charge >= 0.3 is 18.0 Å². The van der Waals surface area contributed by atoms with Gasteiger partial charge in [0.1, 0.15) is 0 Å². The molecule has 0 heterocycles. The van der Waals surface area contributed by atoms with E-state index in [0.29, 0.717) is 6.42 Å². The van der Waals surface area contributed by atoms with Gasteiger partial charge in [-0.25, -0.2) is 4.39 Å². The van der Waals surface area contributed by atoms with Crippen LogP contribution in [0, 0.1) is 0 Å². The van der Waals surface area contributed by atoms with Crippen molar-refractivity contribution in [2.75, 3.05) is 0 Å². The van der Waals surface area contributed by atoms with Gasteiger partial charge in [0.2, 0.25) is 0 Å². The predicted molar refractivity (Wildman–Crippen MR) is 62.3 cm³/mol. The Morgan fingerprint density at radius 1 is 0.950 bits per heavy atom. The lowest BCUT2D eigenvalue weighted by Crippen LogP contribution is -2.54. The second-order valence-electron chi connectivity index (χ2n) is 4.24. The van der Waals surface area contributed by atoms with Crippen LogP contribution in [0.5, 0.6) is 0 Å². The average molecular weight is 307 g/mol. The van der Waals surface area contributed by atoms with E-state index in [1.165, 1.54) is 6.92 Å². The van der Waals surface area contributed by atoms with Crippen molar-refractivity contribution in [3.05, 3.63) is 11.3 Å². The predicted octanol–water partition coefficient (Wildman–Crippen LogP) is 5.37. The summed E-state index contributed by atoms with van der Waals surface area (Å²) in [6.45, 7) is 4.00. The van der Waals surface area contributed by atoms with Crippen molar-refractivity contribution in [1.82, 2.24) is 0 Å². The molecule has 0 atom stereocenters. The topological polar surface area (TPSA) is 12.4 Å². The highest BCUT2D eigenvalue weighted by Crippen LogP contribution is 2.51. The Bertz CT molecular complexity index is 362. The normalized spacial score (nSPS) is 15.7. The SMILES string of the molecule is CCCC=N/C(=C(\C)CC)C(F)(C(F)(F)F)C(F)(F)F. The highest BCUT2D eigenvalue weighted by atomic mass is 19.4. The van der Waals surface area contributed by atoms with E-state index in [1.807, 2.05) is 0 Å². The summed E-state index contributed by atoms with van der Waals surface area (Å²) in [6, 6.07) is 0. The maximum Gasteiger partial charge on any atom is 0.437 e. The first-order valence-corrected chi connectivity index (χ1v) is 5.98. The molecule has 0 saturated carbocycles. The van der Waals surface area contributed by atoms with Crippen LogP contribution in [0.15, 0.2) is 16.3 Å².